The van der Waals surface area contributed by atoms with Crippen LogP contribution >= 0.6 is 7.92 Å². The number of unbranched alkanes of at least 4 members (excludes halogenated alkanes) is 2. The molecule has 1 unspecified atom stereocenters. The molecule has 1 rings (SSSR count). The van der Waals surface area contributed by atoms with Crippen molar-refractivity contribution in [3.8, 4) is 0 Å². The first-order valence-corrected chi connectivity index (χ1v) is 9.44. The number of nitrogens with one attached hydrogen (secondary N) is 2. The normalized spacial score (nSPS) is 22.7. The van der Waals surface area contributed by atoms with Gasteiger partial charge in [0.2, 0.25) is 0 Å². The van der Waals surface area contributed by atoms with Gasteiger partial charge in [-0.2, -0.15) is 0 Å². The van der Waals surface area contributed by atoms with E-state index in [1.54, 1.807) is 0 Å². The summed E-state index contributed by atoms with van der Waals surface area (Å²) in [5.41, 5.74) is 1.26. The molecule has 0 aliphatic heterocycles. The van der Waals surface area contributed by atoms with Crippen LogP contribution in [-0.2, 0) is 0 Å². The zero-order chi connectivity index (χ0) is 14.1. The van der Waals surface area contributed by atoms with E-state index in [1.807, 2.05) is 7.05 Å². The molecule has 110 valence electrons. The van der Waals surface area contributed by atoms with Crippen LogP contribution in [-0.4, -0.2) is 31.7 Å². The Kier molecular flexibility index (Phi) is 7.71. The van der Waals surface area contributed by atoms with Crippen molar-refractivity contribution in [2.75, 3.05) is 26.4 Å². The minimum absolute atomic E-state index is 0.0307. The van der Waals surface area contributed by atoms with Crippen LogP contribution in [0.1, 0.15) is 46.0 Å². The molecule has 2 nitrogen and oxygen atoms in total. The minimum Gasteiger partial charge on any atom is -0.388 e. The molecule has 0 spiro atoms. The third kappa shape index (κ3) is 4.61. The van der Waals surface area contributed by atoms with Gasteiger partial charge in [0.15, 0.2) is 0 Å². The Bertz CT molecular complexity index is 304. The van der Waals surface area contributed by atoms with Crippen molar-refractivity contribution in [3.05, 3.63) is 23.9 Å². The van der Waals surface area contributed by atoms with Crippen LogP contribution < -0.4 is 10.6 Å². The van der Waals surface area contributed by atoms with E-state index in [9.17, 15) is 0 Å². The van der Waals surface area contributed by atoms with Crippen molar-refractivity contribution in [2.24, 2.45) is 0 Å². The summed E-state index contributed by atoms with van der Waals surface area (Å²) in [6, 6.07) is 0. The Hall–Kier alpha value is -0.330. The molecule has 0 saturated carbocycles. The van der Waals surface area contributed by atoms with E-state index in [4.69, 9.17) is 0 Å². The van der Waals surface area contributed by atoms with E-state index < -0.39 is 0 Å². The van der Waals surface area contributed by atoms with Gasteiger partial charge in [-0.05, 0) is 44.7 Å². The number of likely N-dealkylation sites (N-methyl/N-ethyl adjacent to an activating group) is 2. The maximum absolute atomic E-state index is 3.65. The van der Waals surface area contributed by atoms with E-state index in [0.717, 1.165) is 6.42 Å². The number of hydrogen-bond acceptors (Lipinski definition) is 2. The highest BCUT2D eigenvalue weighted by Gasteiger charge is 2.34. The van der Waals surface area contributed by atoms with Gasteiger partial charge in [0.05, 0.1) is 5.28 Å². The monoisotopic (exact) mass is 282 g/mol. The van der Waals surface area contributed by atoms with E-state index in [0.29, 0.717) is 0 Å². The number of hydrogen-bond donors (Lipinski definition) is 2. The first-order chi connectivity index (χ1) is 9.22. The number of allylic oxidation sites excluding steroid dienone is 1. The van der Waals surface area contributed by atoms with Crippen LogP contribution in [0.4, 0.5) is 0 Å². The Labute approximate surface area is 120 Å². The molecule has 0 bridgehead atoms. The van der Waals surface area contributed by atoms with Gasteiger partial charge < -0.3 is 10.6 Å². The van der Waals surface area contributed by atoms with Gasteiger partial charge in [-0.3, -0.25) is 0 Å². The Morgan fingerprint density at radius 3 is 2.16 bits per heavy atom. The van der Waals surface area contributed by atoms with Crippen LogP contribution in [0, 0.1) is 0 Å². The van der Waals surface area contributed by atoms with E-state index in [1.165, 1.54) is 43.7 Å². The Balaban J connectivity index is 2.77. The van der Waals surface area contributed by atoms with Crippen molar-refractivity contribution in [2.45, 2.75) is 51.2 Å². The maximum Gasteiger partial charge on any atom is 0.0600 e. The molecule has 3 heteroatoms. The second-order valence-corrected chi connectivity index (χ2v) is 8.09. The van der Waals surface area contributed by atoms with Gasteiger partial charge in [0, 0.05) is 12.7 Å². The highest BCUT2D eigenvalue weighted by atomic mass is 31.1. The molecule has 0 heterocycles. The Morgan fingerprint density at radius 1 is 1.16 bits per heavy atom. The highest BCUT2D eigenvalue weighted by molar-refractivity contribution is 7.59. The molecule has 0 aromatic carbocycles. The van der Waals surface area contributed by atoms with Gasteiger partial charge in [-0.15, -0.1) is 0 Å². The molecule has 0 aromatic rings. The summed E-state index contributed by atoms with van der Waals surface area (Å²) in [6.07, 6.45) is 16.3. The second kappa shape index (κ2) is 8.76. The topological polar surface area (TPSA) is 24.1 Å². The fourth-order valence-corrected chi connectivity index (χ4v) is 5.97. The van der Waals surface area contributed by atoms with E-state index in [-0.39, 0.29) is 13.2 Å². The predicted molar refractivity (Wildman–Crippen MR) is 89.2 cm³/mol. The molecule has 2 N–H and O–H groups in total. The van der Waals surface area contributed by atoms with Crippen LogP contribution in [0.25, 0.3) is 0 Å². The molecule has 1 aliphatic rings. The molecule has 0 saturated heterocycles. The summed E-state index contributed by atoms with van der Waals surface area (Å²) >= 11 is 0. The van der Waals surface area contributed by atoms with Gasteiger partial charge in [0.25, 0.3) is 0 Å². The summed E-state index contributed by atoms with van der Waals surface area (Å²) in [7, 11) is 4.16. The molecule has 0 amide bonds. The molecule has 0 fully saturated rings. The minimum atomic E-state index is 0.0307. The lowest BCUT2D eigenvalue weighted by Crippen LogP contribution is -2.41. The van der Waals surface area contributed by atoms with Crippen LogP contribution in [0.15, 0.2) is 23.9 Å². The van der Waals surface area contributed by atoms with E-state index >= 15 is 0 Å². The molecule has 19 heavy (non-hydrogen) atoms. The van der Waals surface area contributed by atoms with Crippen LogP contribution in [0.3, 0.4) is 0 Å². The SMILES string of the molecule is CCCCP(CCCC)C1(NC)C=CC(NC)=CC1. The van der Waals surface area contributed by atoms with Gasteiger partial charge in [-0.25, -0.2) is 0 Å². The van der Waals surface area contributed by atoms with Gasteiger partial charge in [0.1, 0.15) is 0 Å². The second-order valence-electron chi connectivity index (χ2n) is 5.32. The smallest absolute Gasteiger partial charge is 0.0600 e. The van der Waals surface area contributed by atoms with E-state index in [2.05, 4.69) is 49.8 Å². The summed E-state index contributed by atoms with van der Waals surface area (Å²) in [6.45, 7) is 4.60. The third-order valence-corrected chi connectivity index (χ3v) is 7.42. The fraction of sp³-hybridized carbons (Fsp3) is 0.750. The van der Waals surface area contributed by atoms with Crippen molar-refractivity contribution in [1.82, 2.24) is 10.6 Å². The molecular formula is C16H31N2P. The van der Waals surface area contributed by atoms with Crippen molar-refractivity contribution in [3.63, 3.8) is 0 Å². The van der Waals surface area contributed by atoms with Crippen LogP contribution in [0.2, 0.25) is 0 Å². The molecule has 1 aliphatic carbocycles. The first-order valence-electron chi connectivity index (χ1n) is 7.73. The average molecular weight is 282 g/mol. The molecule has 0 radical (unpaired) electrons. The van der Waals surface area contributed by atoms with Gasteiger partial charge >= 0.3 is 0 Å². The average Bonchev–Trinajstić information content (AvgIpc) is 2.47. The predicted octanol–water partition coefficient (Wildman–Crippen LogP) is 4.05. The lowest BCUT2D eigenvalue weighted by Gasteiger charge is -2.40. The van der Waals surface area contributed by atoms with Crippen molar-refractivity contribution < 1.29 is 0 Å². The molecule has 0 aromatic heterocycles. The summed E-state index contributed by atoms with van der Waals surface area (Å²) < 4.78 is 0. The fourth-order valence-electron chi connectivity index (χ4n) is 2.60. The zero-order valence-electron chi connectivity index (χ0n) is 13.1. The Morgan fingerprint density at radius 2 is 1.79 bits per heavy atom. The van der Waals surface area contributed by atoms with Crippen molar-refractivity contribution in [1.29, 1.82) is 0 Å². The molecule has 1 atom stereocenters. The van der Waals surface area contributed by atoms with Gasteiger partial charge in [-0.1, -0.05) is 46.8 Å². The first kappa shape index (κ1) is 16.7. The van der Waals surface area contributed by atoms with Crippen LogP contribution in [0.5, 0.6) is 0 Å². The zero-order valence-corrected chi connectivity index (χ0v) is 14.0. The highest BCUT2D eigenvalue weighted by Crippen LogP contribution is 2.53. The standard InChI is InChI=1S/C16H31N2P/c1-5-7-13-19(14-8-6-2)16(18-4)11-9-15(17-3)10-12-16/h9-11,17-18H,5-8,12-14H2,1-4H3. The third-order valence-electron chi connectivity index (χ3n) is 4.02. The summed E-state index contributed by atoms with van der Waals surface area (Å²) in [4.78, 5) is 0. The largest absolute Gasteiger partial charge is 0.388 e. The number of rotatable bonds is 9. The molecular weight excluding hydrogens is 251 g/mol. The quantitative estimate of drug-likeness (QED) is 0.623. The lowest BCUT2D eigenvalue weighted by molar-refractivity contribution is 0.592. The summed E-state index contributed by atoms with van der Waals surface area (Å²) in [5, 5.41) is 7.13. The van der Waals surface area contributed by atoms with Crippen molar-refractivity contribution >= 4 is 7.92 Å². The lowest BCUT2D eigenvalue weighted by atomic mass is 10.1. The maximum atomic E-state index is 3.65. The summed E-state index contributed by atoms with van der Waals surface area (Å²) in [5.74, 6) is 0.